The molecule has 0 radical (unpaired) electrons. The molecule has 1 aromatic heterocycles. The lowest BCUT2D eigenvalue weighted by molar-refractivity contribution is 0.672. The first-order valence-electron chi connectivity index (χ1n) is 4.96. The molecule has 84 valence electrons. The van der Waals surface area contributed by atoms with Crippen LogP contribution in [0, 0.1) is 6.92 Å². The summed E-state index contributed by atoms with van der Waals surface area (Å²) in [5.41, 5.74) is 0.906. The van der Waals surface area contributed by atoms with Crippen molar-refractivity contribution >= 4 is 16.6 Å². The first-order valence-corrected chi connectivity index (χ1v) is 6.58. The quantitative estimate of drug-likeness (QED) is 0.825. The van der Waals surface area contributed by atoms with E-state index in [1.807, 2.05) is 26.0 Å². The zero-order valence-corrected chi connectivity index (χ0v) is 10.2. The van der Waals surface area contributed by atoms with Crippen LogP contribution in [0.3, 0.4) is 0 Å². The molecule has 1 aromatic rings. The third kappa shape index (κ3) is 4.38. The first-order chi connectivity index (χ1) is 7.09. The lowest BCUT2D eigenvalue weighted by Crippen LogP contribution is -2.15. The van der Waals surface area contributed by atoms with E-state index in [0.29, 0.717) is 0 Å². The van der Waals surface area contributed by atoms with Crippen molar-refractivity contribution < 1.29 is 4.21 Å². The number of nitrogens with zero attached hydrogens (tertiary/aromatic N) is 2. The van der Waals surface area contributed by atoms with Gasteiger partial charge in [0.25, 0.3) is 0 Å². The Morgan fingerprint density at radius 1 is 1.47 bits per heavy atom. The van der Waals surface area contributed by atoms with Gasteiger partial charge < -0.3 is 5.32 Å². The van der Waals surface area contributed by atoms with Gasteiger partial charge in [0.15, 0.2) is 0 Å². The van der Waals surface area contributed by atoms with E-state index in [9.17, 15) is 4.21 Å². The van der Waals surface area contributed by atoms with E-state index in [4.69, 9.17) is 0 Å². The summed E-state index contributed by atoms with van der Waals surface area (Å²) in [5, 5.41) is 11.3. The maximum atomic E-state index is 11.1. The summed E-state index contributed by atoms with van der Waals surface area (Å²) >= 11 is 0. The third-order valence-corrected chi connectivity index (χ3v) is 3.59. The average Bonchev–Trinajstić information content (AvgIpc) is 2.20. The van der Waals surface area contributed by atoms with Crippen LogP contribution in [0.5, 0.6) is 0 Å². The highest BCUT2D eigenvalue weighted by atomic mass is 32.2. The fraction of sp³-hybridized carbons (Fsp3) is 0.600. The first kappa shape index (κ1) is 12.1. The molecule has 4 nitrogen and oxygen atoms in total. The summed E-state index contributed by atoms with van der Waals surface area (Å²) in [6, 6.07) is 3.81. The Balaban J connectivity index is 2.32. The Hall–Kier alpha value is -0.970. The molecule has 0 fully saturated rings. The number of nitrogens with one attached hydrogen (secondary N) is 1. The zero-order chi connectivity index (χ0) is 11.3. The van der Waals surface area contributed by atoms with Gasteiger partial charge in [-0.05, 0) is 25.5 Å². The molecular formula is C10H17N3OS. The molecule has 0 bridgehead atoms. The molecule has 0 saturated heterocycles. The van der Waals surface area contributed by atoms with Gasteiger partial charge in [-0.15, -0.1) is 5.10 Å². The Kier molecular flexibility index (Phi) is 4.68. The lowest BCUT2D eigenvalue weighted by atomic mass is 10.3. The molecular weight excluding hydrogens is 210 g/mol. The van der Waals surface area contributed by atoms with E-state index in [2.05, 4.69) is 15.5 Å². The summed E-state index contributed by atoms with van der Waals surface area (Å²) in [4.78, 5) is 0. The van der Waals surface area contributed by atoms with Crippen LogP contribution in [-0.2, 0) is 10.8 Å². The second-order valence-corrected chi connectivity index (χ2v) is 5.39. The molecule has 0 aliphatic rings. The van der Waals surface area contributed by atoms with Crippen LogP contribution in [0.15, 0.2) is 12.1 Å². The van der Waals surface area contributed by atoms with Gasteiger partial charge in [-0.25, -0.2) is 0 Å². The van der Waals surface area contributed by atoms with Crippen LogP contribution in [0.4, 0.5) is 5.82 Å². The van der Waals surface area contributed by atoms with Crippen molar-refractivity contribution in [2.45, 2.75) is 25.5 Å². The average molecular weight is 227 g/mol. The molecule has 0 amide bonds. The minimum Gasteiger partial charge on any atom is -0.369 e. The number of anilines is 1. The van der Waals surface area contributed by atoms with Crippen molar-refractivity contribution in [3.05, 3.63) is 17.8 Å². The van der Waals surface area contributed by atoms with Crippen molar-refractivity contribution in [3.63, 3.8) is 0 Å². The predicted octanol–water partition coefficient (Wildman–Crippen LogP) is 1.35. The van der Waals surface area contributed by atoms with E-state index in [1.54, 1.807) is 6.26 Å². The van der Waals surface area contributed by atoms with Crippen LogP contribution in [0.25, 0.3) is 0 Å². The van der Waals surface area contributed by atoms with Crippen molar-refractivity contribution in [1.82, 2.24) is 10.2 Å². The summed E-state index contributed by atoms with van der Waals surface area (Å²) in [6.07, 6.45) is 2.61. The lowest BCUT2D eigenvalue weighted by Gasteiger charge is -2.09. The molecule has 0 spiro atoms. The molecule has 0 aliphatic heterocycles. The smallest absolute Gasteiger partial charge is 0.148 e. The molecule has 1 heterocycles. The van der Waals surface area contributed by atoms with Crippen LogP contribution in [-0.4, -0.2) is 32.5 Å². The normalized spacial score (nSPS) is 14.6. The maximum absolute atomic E-state index is 11.1. The van der Waals surface area contributed by atoms with Gasteiger partial charge in [-0.3, -0.25) is 4.21 Å². The summed E-state index contributed by atoms with van der Waals surface area (Å²) < 4.78 is 11.1. The Morgan fingerprint density at radius 2 is 2.20 bits per heavy atom. The van der Waals surface area contributed by atoms with Gasteiger partial charge in [0, 0.05) is 28.9 Å². The third-order valence-electron chi connectivity index (χ3n) is 2.22. The second-order valence-electron chi connectivity index (χ2n) is 3.58. The van der Waals surface area contributed by atoms with Crippen LogP contribution >= 0.6 is 0 Å². The van der Waals surface area contributed by atoms with Crippen molar-refractivity contribution in [1.29, 1.82) is 0 Å². The summed E-state index contributed by atoms with van der Waals surface area (Å²) in [6.45, 7) is 4.66. The van der Waals surface area contributed by atoms with Crippen molar-refractivity contribution in [2.24, 2.45) is 0 Å². The molecule has 1 rings (SSSR count). The van der Waals surface area contributed by atoms with E-state index in [-0.39, 0.29) is 5.25 Å². The molecule has 5 heteroatoms. The van der Waals surface area contributed by atoms with E-state index in [1.165, 1.54) is 0 Å². The standard InChI is InChI=1S/C10H17N3OS/c1-8-4-5-10(13-12-8)11-7-6-9(2)15(3)14/h4-5,9H,6-7H2,1-3H3,(H,11,13). The minimum absolute atomic E-state index is 0.218. The van der Waals surface area contributed by atoms with Crippen LogP contribution < -0.4 is 5.32 Å². The SMILES string of the molecule is Cc1ccc(NCCC(C)S(C)=O)nn1. The molecule has 0 saturated carbocycles. The van der Waals surface area contributed by atoms with E-state index < -0.39 is 10.8 Å². The van der Waals surface area contributed by atoms with E-state index in [0.717, 1.165) is 24.5 Å². The van der Waals surface area contributed by atoms with Gasteiger partial charge in [0.2, 0.25) is 0 Å². The topological polar surface area (TPSA) is 54.9 Å². The highest BCUT2D eigenvalue weighted by Gasteiger charge is 2.05. The Morgan fingerprint density at radius 3 is 2.73 bits per heavy atom. The minimum atomic E-state index is -0.748. The van der Waals surface area contributed by atoms with E-state index >= 15 is 0 Å². The molecule has 0 aromatic carbocycles. The number of rotatable bonds is 5. The Bertz CT molecular complexity index is 326. The fourth-order valence-electron chi connectivity index (χ4n) is 1.06. The number of hydrogen-bond donors (Lipinski definition) is 1. The number of hydrogen-bond acceptors (Lipinski definition) is 4. The molecule has 0 aliphatic carbocycles. The second kappa shape index (κ2) is 5.80. The summed E-state index contributed by atoms with van der Waals surface area (Å²) in [7, 11) is -0.748. The molecule has 2 atom stereocenters. The molecule has 1 N–H and O–H groups in total. The Labute approximate surface area is 93.0 Å². The number of aromatic nitrogens is 2. The molecule has 2 unspecified atom stereocenters. The number of aryl methyl sites for hydroxylation is 1. The van der Waals surface area contributed by atoms with Gasteiger partial charge in [-0.1, -0.05) is 6.92 Å². The highest BCUT2D eigenvalue weighted by Crippen LogP contribution is 2.03. The van der Waals surface area contributed by atoms with Gasteiger partial charge in [-0.2, -0.15) is 5.10 Å². The van der Waals surface area contributed by atoms with Gasteiger partial charge in [0.05, 0.1) is 5.69 Å². The zero-order valence-electron chi connectivity index (χ0n) is 9.36. The van der Waals surface area contributed by atoms with Gasteiger partial charge >= 0.3 is 0 Å². The largest absolute Gasteiger partial charge is 0.369 e. The monoisotopic (exact) mass is 227 g/mol. The predicted molar refractivity (Wildman–Crippen MR) is 63.4 cm³/mol. The fourth-order valence-corrected chi connectivity index (χ4v) is 1.51. The molecule has 15 heavy (non-hydrogen) atoms. The van der Waals surface area contributed by atoms with Crippen molar-refractivity contribution in [3.8, 4) is 0 Å². The van der Waals surface area contributed by atoms with Gasteiger partial charge in [0.1, 0.15) is 5.82 Å². The highest BCUT2D eigenvalue weighted by molar-refractivity contribution is 7.84. The van der Waals surface area contributed by atoms with Crippen molar-refractivity contribution in [2.75, 3.05) is 18.1 Å². The van der Waals surface area contributed by atoms with Crippen LogP contribution in [0.2, 0.25) is 0 Å². The maximum Gasteiger partial charge on any atom is 0.148 e. The van der Waals surface area contributed by atoms with Crippen LogP contribution in [0.1, 0.15) is 19.0 Å². The summed E-state index contributed by atoms with van der Waals surface area (Å²) in [5.74, 6) is 0.773.